The second kappa shape index (κ2) is 14.5. The number of methoxy groups -OCH3 is 1. The summed E-state index contributed by atoms with van der Waals surface area (Å²) in [6.45, 7) is 0.995. The standard InChI is InChI=1S/C20H24N2O11S/c1-3-15(18(25)26)21-17(24)14(19(27)31-2)10-34-11-16(23)20(28)32-8-12-5-4-6-13(7-12)9-33-22(29)30/h4-7,14-15H,3,8-11H2,1-2H3,(H,21,24)(H,25,26)/t14-,15+/m1/s1. The zero-order valence-electron chi connectivity index (χ0n) is 18.4. The maximum absolute atomic E-state index is 12.3. The minimum Gasteiger partial charge on any atom is -0.480 e. The van der Waals surface area contributed by atoms with Crippen molar-refractivity contribution in [1.29, 1.82) is 0 Å². The molecule has 0 saturated carbocycles. The third-order valence-electron chi connectivity index (χ3n) is 4.27. The number of rotatable bonds is 15. The van der Waals surface area contributed by atoms with Crippen molar-refractivity contribution >= 4 is 41.4 Å². The summed E-state index contributed by atoms with van der Waals surface area (Å²) >= 11 is 0.806. The van der Waals surface area contributed by atoms with E-state index in [-0.39, 0.29) is 25.4 Å². The van der Waals surface area contributed by atoms with Crippen LogP contribution in [0.2, 0.25) is 0 Å². The van der Waals surface area contributed by atoms with Crippen LogP contribution in [0.15, 0.2) is 24.3 Å². The van der Waals surface area contributed by atoms with Gasteiger partial charge in [-0.2, -0.15) is 11.8 Å². The number of Topliss-reactive ketones (excluding diaryl/α,β-unsaturated/α-hetero) is 1. The minimum atomic E-state index is -1.38. The fourth-order valence-electron chi connectivity index (χ4n) is 2.50. The number of carboxylic acid groups (broad SMARTS) is 1. The van der Waals surface area contributed by atoms with Gasteiger partial charge in [0.05, 0.1) is 12.9 Å². The smallest absolute Gasteiger partial charge is 0.375 e. The van der Waals surface area contributed by atoms with Gasteiger partial charge < -0.3 is 24.7 Å². The summed E-state index contributed by atoms with van der Waals surface area (Å²) in [4.78, 5) is 73.8. The molecule has 2 atom stereocenters. The Morgan fingerprint density at radius 3 is 2.38 bits per heavy atom. The number of aliphatic carboxylic acids is 1. The normalized spacial score (nSPS) is 12.1. The number of ketones is 1. The van der Waals surface area contributed by atoms with E-state index in [2.05, 4.69) is 14.9 Å². The lowest BCUT2D eigenvalue weighted by molar-refractivity contribution is -0.763. The van der Waals surface area contributed by atoms with Crippen LogP contribution in [0.4, 0.5) is 0 Å². The molecule has 14 heteroatoms. The quantitative estimate of drug-likeness (QED) is 0.112. The van der Waals surface area contributed by atoms with Crippen molar-refractivity contribution in [2.45, 2.75) is 32.6 Å². The molecule has 1 aromatic rings. The van der Waals surface area contributed by atoms with Gasteiger partial charge in [-0.05, 0) is 17.5 Å². The molecule has 0 saturated heterocycles. The molecule has 1 aromatic carbocycles. The van der Waals surface area contributed by atoms with Crippen LogP contribution in [-0.2, 0) is 51.5 Å². The maximum Gasteiger partial charge on any atom is 0.375 e. The Bertz CT molecular complexity index is 922. The number of benzene rings is 1. The highest BCUT2D eigenvalue weighted by molar-refractivity contribution is 8.00. The summed E-state index contributed by atoms with van der Waals surface area (Å²) in [6.07, 6.45) is 0.0953. The second-order valence-corrected chi connectivity index (χ2v) is 7.75. The zero-order valence-corrected chi connectivity index (χ0v) is 19.2. The minimum absolute atomic E-state index is 0.0953. The van der Waals surface area contributed by atoms with Gasteiger partial charge >= 0.3 is 17.9 Å². The molecule has 0 spiro atoms. The molecule has 2 N–H and O–H groups in total. The number of amides is 1. The lowest BCUT2D eigenvalue weighted by Crippen LogP contribution is -2.46. The fourth-order valence-corrected chi connectivity index (χ4v) is 3.44. The van der Waals surface area contributed by atoms with E-state index in [9.17, 15) is 34.1 Å². The van der Waals surface area contributed by atoms with Crippen LogP contribution in [0.5, 0.6) is 0 Å². The molecule has 0 aromatic heterocycles. The van der Waals surface area contributed by atoms with Crippen LogP contribution in [0.25, 0.3) is 0 Å². The van der Waals surface area contributed by atoms with E-state index >= 15 is 0 Å². The molecule has 34 heavy (non-hydrogen) atoms. The average Bonchev–Trinajstić information content (AvgIpc) is 2.81. The van der Waals surface area contributed by atoms with Gasteiger partial charge in [0.1, 0.15) is 25.2 Å². The van der Waals surface area contributed by atoms with Crippen molar-refractivity contribution in [3.63, 3.8) is 0 Å². The van der Waals surface area contributed by atoms with Gasteiger partial charge in [-0.3, -0.25) is 14.4 Å². The summed E-state index contributed by atoms with van der Waals surface area (Å²) < 4.78 is 9.48. The molecule has 0 aliphatic rings. The number of carboxylic acids is 1. The number of hydrogen-bond donors (Lipinski definition) is 2. The summed E-state index contributed by atoms with van der Waals surface area (Å²) in [5, 5.41) is 20.6. The van der Waals surface area contributed by atoms with Gasteiger partial charge in [0.25, 0.3) is 5.09 Å². The van der Waals surface area contributed by atoms with Crippen LogP contribution < -0.4 is 5.32 Å². The maximum atomic E-state index is 12.3. The Morgan fingerprint density at radius 2 is 1.82 bits per heavy atom. The number of carbonyl (C=O) groups is 5. The number of nitrogens with zero attached hydrogens (tertiary/aromatic N) is 1. The van der Waals surface area contributed by atoms with Gasteiger partial charge in [0.2, 0.25) is 11.7 Å². The van der Waals surface area contributed by atoms with Gasteiger partial charge in [0.15, 0.2) is 0 Å². The number of carbonyl (C=O) groups excluding carboxylic acids is 4. The van der Waals surface area contributed by atoms with E-state index < -0.39 is 52.4 Å². The average molecular weight is 500 g/mol. The lowest BCUT2D eigenvalue weighted by atomic mass is 10.1. The molecule has 0 radical (unpaired) electrons. The Balaban J connectivity index is 2.57. The van der Waals surface area contributed by atoms with E-state index in [4.69, 9.17) is 9.84 Å². The number of thioether (sulfide) groups is 1. The van der Waals surface area contributed by atoms with Gasteiger partial charge in [-0.15, -0.1) is 10.1 Å². The van der Waals surface area contributed by atoms with Crippen molar-refractivity contribution in [1.82, 2.24) is 5.32 Å². The van der Waals surface area contributed by atoms with E-state index in [0.29, 0.717) is 11.1 Å². The highest BCUT2D eigenvalue weighted by Gasteiger charge is 2.31. The first-order chi connectivity index (χ1) is 16.1. The van der Waals surface area contributed by atoms with Crippen LogP contribution in [0, 0.1) is 16.0 Å². The molecule has 1 rings (SSSR count). The van der Waals surface area contributed by atoms with E-state index in [1.54, 1.807) is 25.1 Å². The third-order valence-corrected chi connectivity index (χ3v) is 5.30. The summed E-state index contributed by atoms with van der Waals surface area (Å²) in [5.74, 6) is -7.12. The fraction of sp³-hybridized carbons (Fsp3) is 0.450. The van der Waals surface area contributed by atoms with Crippen molar-refractivity contribution in [2.24, 2.45) is 5.92 Å². The van der Waals surface area contributed by atoms with Crippen LogP contribution >= 0.6 is 11.8 Å². The molecular weight excluding hydrogens is 476 g/mol. The number of esters is 2. The van der Waals surface area contributed by atoms with Gasteiger partial charge in [0, 0.05) is 5.75 Å². The highest BCUT2D eigenvalue weighted by Crippen LogP contribution is 2.13. The van der Waals surface area contributed by atoms with Crippen molar-refractivity contribution in [2.75, 3.05) is 18.6 Å². The molecular formula is C20H24N2O11S. The van der Waals surface area contributed by atoms with E-state index in [1.807, 2.05) is 0 Å². The number of ether oxygens (including phenoxy) is 2. The van der Waals surface area contributed by atoms with Gasteiger partial charge in [-0.1, -0.05) is 31.2 Å². The molecule has 0 fully saturated rings. The Labute approximate surface area is 198 Å². The Morgan fingerprint density at radius 1 is 1.18 bits per heavy atom. The molecule has 0 heterocycles. The molecule has 0 unspecified atom stereocenters. The predicted molar refractivity (Wildman–Crippen MR) is 116 cm³/mol. The van der Waals surface area contributed by atoms with Crippen molar-refractivity contribution in [3.05, 3.63) is 45.5 Å². The molecule has 1 amide bonds. The first-order valence-electron chi connectivity index (χ1n) is 9.82. The summed E-state index contributed by atoms with van der Waals surface area (Å²) in [5.41, 5.74) is 0.942. The SMILES string of the molecule is CC[C@H](NC(=O)[C@@H](CSCC(=O)C(=O)OCc1cccc(CO[N+](=O)[O-])c1)C(=O)OC)C(=O)O. The largest absolute Gasteiger partial charge is 0.480 e. The van der Waals surface area contributed by atoms with Crippen LogP contribution in [-0.4, -0.2) is 64.4 Å². The molecule has 0 aliphatic heterocycles. The molecule has 0 bridgehead atoms. The van der Waals surface area contributed by atoms with Crippen LogP contribution in [0.1, 0.15) is 24.5 Å². The summed E-state index contributed by atoms with van der Waals surface area (Å²) in [7, 11) is 1.06. The molecule has 13 nitrogen and oxygen atoms in total. The van der Waals surface area contributed by atoms with Crippen molar-refractivity contribution < 1.29 is 48.5 Å². The van der Waals surface area contributed by atoms with Crippen molar-refractivity contribution in [3.8, 4) is 0 Å². The molecule has 0 aliphatic carbocycles. The van der Waals surface area contributed by atoms with E-state index in [1.165, 1.54) is 6.07 Å². The van der Waals surface area contributed by atoms with Crippen LogP contribution in [0.3, 0.4) is 0 Å². The first-order valence-corrected chi connectivity index (χ1v) is 11.0. The topological polar surface area (TPSA) is 188 Å². The Hall–Kier alpha value is -3.68. The number of nitrogens with one attached hydrogen (secondary N) is 1. The first kappa shape index (κ1) is 28.4. The number of hydrogen-bond acceptors (Lipinski definition) is 11. The lowest BCUT2D eigenvalue weighted by Gasteiger charge is -2.17. The van der Waals surface area contributed by atoms with E-state index in [0.717, 1.165) is 18.9 Å². The monoisotopic (exact) mass is 500 g/mol. The zero-order chi connectivity index (χ0) is 25.7. The summed E-state index contributed by atoms with van der Waals surface area (Å²) in [6, 6.07) is 5.05. The Kier molecular flexibility index (Phi) is 12.1. The van der Waals surface area contributed by atoms with Gasteiger partial charge in [-0.25, -0.2) is 9.59 Å². The predicted octanol–water partition coefficient (Wildman–Crippen LogP) is 0.509. The second-order valence-electron chi connectivity index (χ2n) is 6.71. The highest BCUT2D eigenvalue weighted by atomic mass is 32.2. The third kappa shape index (κ3) is 9.85. The molecule has 186 valence electrons.